The number of rotatable bonds is 5. The normalized spacial score (nSPS) is 20.7. The molecule has 2 N–H and O–H groups in total. The number of likely N-dealkylation sites (tertiary alicyclic amines) is 1. The lowest BCUT2D eigenvalue weighted by molar-refractivity contribution is -0.144. The second kappa shape index (κ2) is 7.23. The number of carbonyl (C=O) groups is 2. The van der Waals surface area contributed by atoms with Gasteiger partial charge in [0.2, 0.25) is 5.91 Å². The Bertz CT molecular complexity index is 706. The molecule has 1 aromatic carbocycles. The van der Waals surface area contributed by atoms with Gasteiger partial charge < -0.3 is 10.4 Å². The van der Waals surface area contributed by atoms with Crippen molar-refractivity contribution in [2.75, 3.05) is 18.4 Å². The van der Waals surface area contributed by atoms with E-state index in [9.17, 15) is 14.7 Å². The summed E-state index contributed by atoms with van der Waals surface area (Å²) in [5.41, 5.74) is 1.68. The SMILES string of the molecule is O=C(Nc1cccnc1)[C@H]1CN(Cc2ccccc2)C[C@H]1C(=O)O. The smallest absolute Gasteiger partial charge is 0.308 e. The zero-order chi connectivity index (χ0) is 16.9. The van der Waals surface area contributed by atoms with Crippen molar-refractivity contribution in [1.29, 1.82) is 0 Å². The van der Waals surface area contributed by atoms with E-state index < -0.39 is 17.8 Å². The molecule has 0 spiro atoms. The van der Waals surface area contributed by atoms with E-state index in [4.69, 9.17) is 0 Å². The molecule has 1 aromatic heterocycles. The van der Waals surface area contributed by atoms with Crippen LogP contribution in [0.2, 0.25) is 0 Å². The van der Waals surface area contributed by atoms with Crippen LogP contribution in [0.5, 0.6) is 0 Å². The van der Waals surface area contributed by atoms with Gasteiger partial charge in [-0.3, -0.25) is 19.5 Å². The molecule has 1 amide bonds. The highest BCUT2D eigenvalue weighted by Crippen LogP contribution is 2.26. The summed E-state index contributed by atoms with van der Waals surface area (Å²) in [6.45, 7) is 1.44. The summed E-state index contributed by atoms with van der Waals surface area (Å²) in [6, 6.07) is 13.3. The Morgan fingerprint density at radius 2 is 1.88 bits per heavy atom. The maximum absolute atomic E-state index is 12.5. The summed E-state index contributed by atoms with van der Waals surface area (Å²) in [6.07, 6.45) is 3.16. The number of aliphatic carboxylic acids is 1. The number of carboxylic acid groups (broad SMARTS) is 1. The fourth-order valence-corrected chi connectivity index (χ4v) is 3.04. The van der Waals surface area contributed by atoms with Gasteiger partial charge in [-0.25, -0.2) is 0 Å². The van der Waals surface area contributed by atoms with Gasteiger partial charge in [-0.1, -0.05) is 30.3 Å². The van der Waals surface area contributed by atoms with Crippen LogP contribution in [0.1, 0.15) is 5.56 Å². The summed E-state index contributed by atoms with van der Waals surface area (Å²) in [4.78, 5) is 30.0. The topological polar surface area (TPSA) is 82.5 Å². The summed E-state index contributed by atoms with van der Waals surface area (Å²) in [7, 11) is 0. The number of hydrogen-bond donors (Lipinski definition) is 2. The van der Waals surface area contributed by atoms with Gasteiger partial charge in [0.05, 0.1) is 23.7 Å². The number of carbonyl (C=O) groups excluding carboxylic acids is 1. The van der Waals surface area contributed by atoms with Crippen LogP contribution in [-0.2, 0) is 16.1 Å². The van der Waals surface area contributed by atoms with Gasteiger partial charge in [0.25, 0.3) is 0 Å². The molecule has 0 radical (unpaired) electrons. The van der Waals surface area contributed by atoms with E-state index in [2.05, 4.69) is 10.3 Å². The highest BCUT2D eigenvalue weighted by molar-refractivity contribution is 5.95. The van der Waals surface area contributed by atoms with Gasteiger partial charge in [-0.15, -0.1) is 0 Å². The van der Waals surface area contributed by atoms with Gasteiger partial charge >= 0.3 is 5.97 Å². The molecule has 124 valence electrons. The van der Waals surface area contributed by atoms with Crippen molar-refractivity contribution in [3.63, 3.8) is 0 Å². The number of hydrogen-bond acceptors (Lipinski definition) is 4. The fourth-order valence-electron chi connectivity index (χ4n) is 3.04. The van der Waals surface area contributed by atoms with Crippen LogP contribution in [0.4, 0.5) is 5.69 Å². The Kier molecular flexibility index (Phi) is 4.86. The maximum atomic E-state index is 12.5. The highest BCUT2D eigenvalue weighted by atomic mass is 16.4. The zero-order valence-corrected chi connectivity index (χ0v) is 13.1. The first-order valence-corrected chi connectivity index (χ1v) is 7.83. The number of aromatic nitrogens is 1. The quantitative estimate of drug-likeness (QED) is 0.877. The van der Waals surface area contributed by atoms with Crippen molar-refractivity contribution in [2.24, 2.45) is 11.8 Å². The maximum Gasteiger partial charge on any atom is 0.308 e. The molecule has 1 fully saturated rings. The Morgan fingerprint density at radius 3 is 2.54 bits per heavy atom. The first-order valence-electron chi connectivity index (χ1n) is 7.83. The average Bonchev–Trinajstić information content (AvgIpc) is 3.01. The van der Waals surface area contributed by atoms with Crippen molar-refractivity contribution in [2.45, 2.75) is 6.54 Å². The molecule has 6 nitrogen and oxygen atoms in total. The minimum Gasteiger partial charge on any atom is -0.481 e. The van der Waals surface area contributed by atoms with Crippen molar-refractivity contribution in [3.8, 4) is 0 Å². The molecule has 2 heterocycles. The monoisotopic (exact) mass is 325 g/mol. The van der Waals surface area contributed by atoms with E-state index in [1.165, 1.54) is 0 Å². The Morgan fingerprint density at radius 1 is 1.12 bits per heavy atom. The Hall–Kier alpha value is -2.73. The van der Waals surface area contributed by atoms with Crippen LogP contribution in [0.3, 0.4) is 0 Å². The molecule has 2 atom stereocenters. The van der Waals surface area contributed by atoms with Crippen molar-refractivity contribution in [3.05, 3.63) is 60.4 Å². The molecule has 0 saturated carbocycles. The lowest BCUT2D eigenvalue weighted by atomic mass is 9.95. The molecule has 0 aliphatic carbocycles. The number of nitrogens with one attached hydrogen (secondary N) is 1. The van der Waals surface area contributed by atoms with Crippen molar-refractivity contribution in [1.82, 2.24) is 9.88 Å². The van der Waals surface area contributed by atoms with Crippen molar-refractivity contribution < 1.29 is 14.7 Å². The zero-order valence-electron chi connectivity index (χ0n) is 13.1. The Balaban J connectivity index is 1.69. The molecule has 1 aliphatic rings. The first-order chi connectivity index (χ1) is 11.6. The summed E-state index contributed by atoms with van der Waals surface area (Å²) in [5, 5.41) is 12.2. The molecule has 6 heteroatoms. The number of benzene rings is 1. The predicted octanol–water partition coefficient (Wildman–Crippen LogP) is 1.85. The minimum atomic E-state index is -0.933. The van der Waals surface area contributed by atoms with Crippen LogP contribution in [0.25, 0.3) is 0 Å². The molecule has 0 bridgehead atoms. The van der Waals surface area contributed by atoms with E-state index in [0.29, 0.717) is 25.3 Å². The summed E-state index contributed by atoms with van der Waals surface area (Å²) in [5.74, 6) is -2.49. The van der Waals surface area contributed by atoms with E-state index in [1.807, 2.05) is 35.2 Å². The third-order valence-electron chi connectivity index (χ3n) is 4.23. The summed E-state index contributed by atoms with van der Waals surface area (Å²) < 4.78 is 0. The van der Waals surface area contributed by atoms with Gasteiger partial charge in [-0.05, 0) is 17.7 Å². The first kappa shape index (κ1) is 16.1. The Labute approximate surface area is 140 Å². The molecular weight excluding hydrogens is 306 g/mol. The van der Waals surface area contributed by atoms with E-state index in [0.717, 1.165) is 5.56 Å². The second-order valence-electron chi connectivity index (χ2n) is 5.96. The fraction of sp³-hybridized carbons (Fsp3) is 0.278. The lowest BCUT2D eigenvalue weighted by Crippen LogP contribution is -2.32. The molecule has 24 heavy (non-hydrogen) atoms. The number of nitrogens with zero attached hydrogens (tertiary/aromatic N) is 2. The van der Waals surface area contributed by atoms with E-state index >= 15 is 0 Å². The largest absolute Gasteiger partial charge is 0.481 e. The number of anilines is 1. The minimum absolute atomic E-state index is 0.272. The van der Waals surface area contributed by atoms with E-state index in [1.54, 1.807) is 24.5 Å². The summed E-state index contributed by atoms with van der Waals surface area (Å²) >= 11 is 0. The second-order valence-corrected chi connectivity index (χ2v) is 5.96. The number of amides is 1. The molecule has 0 unspecified atom stereocenters. The number of pyridine rings is 1. The third-order valence-corrected chi connectivity index (χ3v) is 4.23. The van der Waals surface area contributed by atoms with Crippen LogP contribution in [0.15, 0.2) is 54.9 Å². The van der Waals surface area contributed by atoms with Crippen molar-refractivity contribution >= 4 is 17.6 Å². The molecule has 1 saturated heterocycles. The van der Waals surface area contributed by atoms with Gasteiger partial charge in [0, 0.05) is 25.8 Å². The van der Waals surface area contributed by atoms with Gasteiger partial charge in [0.1, 0.15) is 0 Å². The van der Waals surface area contributed by atoms with Gasteiger partial charge in [-0.2, -0.15) is 0 Å². The van der Waals surface area contributed by atoms with E-state index in [-0.39, 0.29) is 5.91 Å². The lowest BCUT2D eigenvalue weighted by Gasteiger charge is -2.16. The molecular formula is C18H19N3O3. The average molecular weight is 325 g/mol. The highest BCUT2D eigenvalue weighted by Gasteiger charge is 2.41. The number of carboxylic acids is 1. The molecule has 3 rings (SSSR count). The predicted molar refractivity (Wildman–Crippen MR) is 89.2 cm³/mol. The molecule has 2 aromatic rings. The standard InChI is InChI=1S/C18H19N3O3/c22-17(20-14-7-4-8-19-9-14)15-11-21(12-16(15)18(23)24)10-13-5-2-1-3-6-13/h1-9,15-16H,10-12H2,(H,20,22)(H,23,24)/t15-,16+/m0/s1. The third kappa shape index (κ3) is 3.78. The van der Waals surface area contributed by atoms with Crippen LogP contribution in [-0.4, -0.2) is 40.0 Å². The van der Waals surface area contributed by atoms with Gasteiger partial charge in [0.15, 0.2) is 0 Å². The van der Waals surface area contributed by atoms with Crippen LogP contribution >= 0.6 is 0 Å². The van der Waals surface area contributed by atoms with Crippen LogP contribution < -0.4 is 5.32 Å². The van der Waals surface area contributed by atoms with Crippen LogP contribution in [0, 0.1) is 11.8 Å². The molecule has 1 aliphatic heterocycles.